The van der Waals surface area contributed by atoms with Crippen molar-refractivity contribution in [3.63, 3.8) is 0 Å². The minimum absolute atomic E-state index is 0.112. The molecule has 162 valence electrons. The van der Waals surface area contributed by atoms with Crippen LogP contribution in [0.4, 0.5) is 17.6 Å². The average molecular weight is 453 g/mol. The van der Waals surface area contributed by atoms with Gasteiger partial charge in [0.05, 0.1) is 17.8 Å². The molecule has 0 spiro atoms. The van der Waals surface area contributed by atoms with Gasteiger partial charge in [-0.25, -0.2) is 13.8 Å². The molecule has 0 radical (unpaired) electrons. The molecule has 0 saturated carbocycles. The molecule has 1 heterocycles. The van der Waals surface area contributed by atoms with E-state index >= 15 is 0 Å². The number of benzene rings is 1. The van der Waals surface area contributed by atoms with E-state index in [0.717, 1.165) is 21.1 Å². The van der Waals surface area contributed by atoms with Gasteiger partial charge in [-0.05, 0) is 13.0 Å². The molecule has 30 heavy (non-hydrogen) atoms. The second kappa shape index (κ2) is 8.30. The maximum Gasteiger partial charge on any atom is 0.431 e. The van der Waals surface area contributed by atoms with Crippen LogP contribution in [-0.2, 0) is 27.5 Å². The highest BCUT2D eigenvalue weighted by Gasteiger charge is 2.35. The lowest BCUT2D eigenvalue weighted by molar-refractivity contribution is -0.154. The SMILES string of the molecule is COC(=O)C(C)C(=O)Oc1cc(-n2c(=O)cc(C(F)(F)F)n(C)c2=O)c(F)cc1Cl. The molecular formula is C17H13ClF4N2O6. The molecule has 0 amide bonds. The van der Waals surface area contributed by atoms with E-state index in [2.05, 4.69) is 4.74 Å². The Morgan fingerprint density at radius 1 is 1.13 bits per heavy atom. The van der Waals surface area contributed by atoms with E-state index in [0.29, 0.717) is 12.1 Å². The first-order chi connectivity index (χ1) is 13.8. The van der Waals surface area contributed by atoms with Crippen molar-refractivity contribution in [2.45, 2.75) is 13.1 Å². The van der Waals surface area contributed by atoms with Crippen LogP contribution in [0.25, 0.3) is 5.69 Å². The smallest absolute Gasteiger partial charge is 0.431 e. The first-order valence-corrected chi connectivity index (χ1v) is 8.36. The molecule has 1 aromatic heterocycles. The van der Waals surface area contributed by atoms with Crippen molar-refractivity contribution >= 4 is 23.5 Å². The van der Waals surface area contributed by atoms with E-state index in [4.69, 9.17) is 16.3 Å². The Kier molecular flexibility index (Phi) is 6.40. The first kappa shape index (κ1) is 23.1. The zero-order chi connectivity index (χ0) is 23.0. The van der Waals surface area contributed by atoms with Crippen LogP contribution < -0.4 is 16.0 Å². The molecule has 1 atom stereocenters. The molecular weight excluding hydrogens is 440 g/mol. The number of aromatic nitrogens is 2. The summed E-state index contributed by atoms with van der Waals surface area (Å²) in [7, 11) is 1.77. The predicted octanol–water partition coefficient (Wildman–Crippen LogP) is 2.06. The molecule has 0 N–H and O–H groups in total. The summed E-state index contributed by atoms with van der Waals surface area (Å²) in [4.78, 5) is 47.9. The normalized spacial score (nSPS) is 12.4. The number of carbonyl (C=O) groups excluding carboxylic acids is 2. The molecule has 1 unspecified atom stereocenters. The second-order valence-corrected chi connectivity index (χ2v) is 6.35. The minimum Gasteiger partial charge on any atom is -0.468 e. The Balaban J connectivity index is 2.63. The lowest BCUT2D eigenvalue weighted by atomic mass is 10.2. The molecule has 0 aliphatic rings. The number of ether oxygens (including phenoxy) is 2. The molecule has 8 nitrogen and oxygen atoms in total. The maximum atomic E-state index is 14.4. The van der Waals surface area contributed by atoms with Crippen LogP contribution in [0.5, 0.6) is 5.75 Å². The second-order valence-electron chi connectivity index (χ2n) is 5.94. The summed E-state index contributed by atoms with van der Waals surface area (Å²) in [6, 6.07) is 1.38. The van der Waals surface area contributed by atoms with Crippen LogP contribution in [-0.4, -0.2) is 28.2 Å². The zero-order valence-corrected chi connectivity index (χ0v) is 16.3. The lowest BCUT2D eigenvalue weighted by Crippen LogP contribution is -2.41. The summed E-state index contributed by atoms with van der Waals surface area (Å²) in [6.45, 7) is 1.16. The van der Waals surface area contributed by atoms with E-state index in [-0.39, 0.29) is 15.2 Å². The summed E-state index contributed by atoms with van der Waals surface area (Å²) in [5.41, 5.74) is -5.34. The number of nitrogens with zero attached hydrogens (tertiary/aromatic N) is 2. The summed E-state index contributed by atoms with van der Waals surface area (Å²) in [5.74, 6) is -5.26. The van der Waals surface area contributed by atoms with Crippen LogP contribution >= 0.6 is 11.6 Å². The summed E-state index contributed by atoms with van der Waals surface area (Å²) in [6.07, 6.45) is -5.00. The standard InChI is InChI=1S/C17H13ClF4N2O6/c1-7(14(26)29-3)15(27)30-11-5-10(9(19)4-8(11)18)24-13(25)6-12(17(20,21)22)23(2)16(24)28/h4-7H,1-3H3. The van der Waals surface area contributed by atoms with Gasteiger partial charge in [0.2, 0.25) is 0 Å². The Hall–Kier alpha value is -3.15. The number of hydrogen-bond acceptors (Lipinski definition) is 6. The van der Waals surface area contributed by atoms with E-state index in [1.165, 1.54) is 0 Å². The Bertz CT molecular complexity index is 1140. The van der Waals surface area contributed by atoms with E-state index in [9.17, 15) is 36.7 Å². The number of esters is 2. The predicted molar refractivity (Wildman–Crippen MR) is 94.1 cm³/mol. The Morgan fingerprint density at radius 2 is 1.73 bits per heavy atom. The Labute approximate surface area is 170 Å². The molecule has 0 aliphatic heterocycles. The van der Waals surface area contributed by atoms with Crippen molar-refractivity contribution < 1.29 is 36.6 Å². The highest BCUT2D eigenvalue weighted by Crippen LogP contribution is 2.30. The largest absolute Gasteiger partial charge is 0.468 e. The van der Waals surface area contributed by atoms with Crippen molar-refractivity contribution in [3.8, 4) is 11.4 Å². The number of carbonyl (C=O) groups is 2. The quantitative estimate of drug-likeness (QED) is 0.305. The van der Waals surface area contributed by atoms with E-state index in [1.54, 1.807) is 0 Å². The third-order valence-corrected chi connectivity index (χ3v) is 4.27. The van der Waals surface area contributed by atoms with Gasteiger partial charge in [-0.3, -0.25) is 19.0 Å². The van der Waals surface area contributed by atoms with Crippen LogP contribution in [0.1, 0.15) is 12.6 Å². The molecule has 0 aliphatic carbocycles. The topological polar surface area (TPSA) is 96.6 Å². The van der Waals surface area contributed by atoms with Gasteiger partial charge < -0.3 is 9.47 Å². The van der Waals surface area contributed by atoms with Crippen molar-refractivity contribution in [3.05, 3.63) is 55.6 Å². The highest BCUT2D eigenvalue weighted by molar-refractivity contribution is 6.32. The number of methoxy groups -OCH3 is 1. The molecule has 2 rings (SSSR count). The van der Waals surface area contributed by atoms with Crippen LogP contribution in [0.3, 0.4) is 0 Å². The first-order valence-electron chi connectivity index (χ1n) is 7.98. The monoisotopic (exact) mass is 452 g/mol. The van der Waals surface area contributed by atoms with Gasteiger partial charge in [-0.2, -0.15) is 13.2 Å². The highest BCUT2D eigenvalue weighted by atomic mass is 35.5. The molecule has 13 heteroatoms. The van der Waals surface area contributed by atoms with Gasteiger partial charge in [-0.15, -0.1) is 0 Å². The van der Waals surface area contributed by atoms with Crippen LogP contribution in [0, 0.1) is 11.7 Å². The summed E-state index contributed by atoms with van der Waals surface area (Å²) < 4.78 is 62.8. The minimum atomic E-state index is -5.00. The lowest BCUT2D eigenvalue weighted by Gasteiger charge is -2.15. The summed E-state index contributed by atoms with van der Waals surface area (Å²) >= 11 is 5.79. The maximum absolute atomic E-state index is 14.4. The fourth-order valence-electron chi connectivity index (χ4n) is 2.36. The molecule has 0 fully saturated rings. The molecule has 1 aromatic carbocycles. The van der Waals surface area contributed by atoms with Gasteiger partial charge in [0.25, 0.3) is 5.56 Å². The average Bonchev–Trinajstić information content (AvgIpc) is 2.65. The van der Waals surface area contributed by atoms with Crippen molar-refractivity contribution in [1.29, 1.82) is 0 Å². The van der Waals surface area contributed by atoms with E-state index in [1.807, 2.05) is 0 Å². The van der Waals surface area contributed by atoms with Gasteiger partial charge in [0.15, 0.2) is 11.7 Å². The van der Waals surface area contributed by atoms with Gasteiger partial charge in [0, 0.05) is 19.2 Å². The van der Waals surface area contributed by atoms with Crippen LogP contribution in [0.15, 0.2) is 27.8 Å². The summed E-state index contributed by atoms with van der Waals surface area (Å²) in [5, 5.41) is -0.460. The number of hydrogen-bond donors (Lipinski definition) is 0. The molecule has 0 saturated heterocycles. The molecule has 2 aromatic rings. The number of halogens is 5. The van der Waals surface area contributed by atoms with Crippen LogP contribution in [0.2, 0.25) is 5.02 Å². The number of alkyl halides is 3. The fourth-order valence-corrected chi connectivity index (χ4v) is 2.55. The zero-order valence-electron chi connectivity index (χ0n) is 15.5. The third-order valence-electron chi connectivity index (χ3n) is 3.97. The Morgan fingerprint density at radius 3 is 2.27 bits per heavy atom. The fraction of sp³-hybridized carbons (Fsp3) is 0.294. The molecule has 0 bridgehead atoms. The van der Waals surface area contributed by atoms with Crippen molar-refractivity contribution in [1.82, 2.24) is 9.13 Å². The third kappa shape index (κ3) is 4.37. The van der Waals surface area contributed by atoms with Gasteiger partial charge in [-0.1, -0.05) is 11.6 Å². The van der Waals surface area contributed by atoms with Crippen molar-refractivity contribution in [2.24, 2.45) is 13.0 Å². The number of rotatable bonds is 4. The van der Waals surface area contributed by atoms with Crippen molar-refractivity contribution in [2.75, 3.05) is 7.11 Å². The van der Waals surface area contributed by atoms with Gasteiger partial charge in [0.1, 0.15) is 11.5 Å². The van der Waals surface area contributed by atoms with E-state index < -0.39 is 63.3 Å². The van der Waals surface area contributed by atoms with Gasteiger partial charge >= 0.3 is 23.8 Å².